The SMILES string of the molecule is CCn1nc2c(c1OC)CCC21CCNCC1.Cl.Cl. The van der Waals surface area contributed by atoms with Crippen molar-refractivity contribution in [2.24, 2.45) is 0 Å². The van der Waals surface area contributed by atoms with Gasteiger partial charge in [-0.2, -0.15) is 5.10 Å². The van der Waals surface area contributed by atoms with Gasteiger partial charge in [0.05, 0.1) is 12.8 Å². The van der Waals surface area contributed by atoms with Crippen LogP contribution in [0.15, 0.2) is 0 Å². The molecular formula is C13H23Cl2N3O. The number of methoxy groups -OCH3 is 1. The lowest BCUT2D eigenvalue weighted by molar-refractivity contribution is 0.292. The number of nitrogens with zero attached hydrogens (tertiary/aromatic N) is 2. The molecule has 110 valence electrons. The second kappa shape index (κ2) is 6.33. The Morgan fingerprint density at radius 2 is 1.95 bits per heavy atom. The first kappa shape index (κ1) is 16.6. The van der Waals surface area contributed by atoms with Crippen LogP contribution in [0.25, 0.3) is 0 Å². The predicted octanol–water partition coefficient (Wildman–Crippen LogP) is 2.32. The number of rotatable bonds is 2. The van der Waals surface area contributed by atoms with E-state index in [2.05, 4.69) is 12.2 Å². The highest BCUT2D eigenvalue weighted by molar-refractivity contribution is 5.85. The summed E-state index contributed by atoms with van der Waals surface area (Å²) in [6.45, 7) is 5.27. The largest absolute Gasteiger partial charge is 0.481 e. The van der Waals surface area contributed by atoms with E-state index >= 15 is 0 Å². The molecule has 1 saturated heterocycles. The zero-order chi connectivity index (χ0) is 11.9. The molecule has 6 heteroatoms. The Morgan fingerprint density at radius 1 is 1.26 bits per heavy atom. The highest BCUT2D eigenvalue weighted by Crippen LogP contribution is 2.47. The van der Waals surface area contributed by atoms with Gasteiger partial charge in [-0.05, 0) is 45.7 Å². The van der Waals surface area contributed by atoms with Crippen LogP contribution in [0.3, 0.4) is 0 Å². The molecule has 1 aromatic rings. The number of hydrogen-bond donors (Lipinski definition) is 1. The fourth-order valence-corrected chi connectivity index (χ4v) is 3.45. The van der Waals surface area contributed by atoms with Crippen LogP contribution < -0.4 is 10.1 Å². The van der Waals surface area contributed by atoms with Gasteiger partial charge in [-0.1, -0.05) is 0 Å². The third kappa shape index (κ3) is 2.46. The van der Waals surface area contributed by atoms with Gasteiger partial charge in [0.15, 0.2) is 0 Å². The summed E-state index contributed by atoms with van der Waals surface area (Å²) in [7, 11) is 1.76. The normalized spacial score (nSPS) is 19.5. The molecule has 0 bridgehead atoms. The molecule has 0 atom stereocenters. The van der Waals surface area contributed by atoms with E-state index in [0.29, 0.717) is 5.41 Å². The van der Waals surface area contributed by atoms with Gasteiger partial charge < -0.3 is 10.1 Å². The van der Waals surface area contributed by atoms with E-state index < -0.39 is 0 Å². The van der Waals surface area contributed by atoms with Gasteiger partial charge in [0.25, 0.3) is 0 Å². The molecule has 1 fully saturated rings. The van der Waals surface area contributed by atoms with Crippen molar-refractivity contribution >= 4 is 24.8 Å². The minimum atomic E-state index is 0. The Hall–Kier alpha value is -0.450. The van der Waals surface area contributed by atoms with Gasteiger partial charge in [-0.15, -0.1) is 24.8 Å². The predicted molar refractivity (Wildman–Crippen MR) is 81.1 cm³/mol. The molecule has 0 amide bonds. The Balaban J connectivity index is 0.000000902. The highest BCUT2D eigenvalue weighted by atomic mass is 35.5. The first-order valence-corrected chi connectivity index (χ1v) is 6.65. The topological polar surface area (TPSA) is 39.1 Å². The number of fused-ring (bicyclic) bond motifs is 2. The van der Waals surface area contributed by atoms with E-state index in [1.54, 1.807) is 7.11 Å². The molecule has 2 aliphatic rings. The fraction of sp³-hybridized carbons (Fsp3) is 0.769. The lowest BCUT2D eigenvalue weighted by atomic mass is 9.77. The average Bonchev–Trinajstić information content (AvgIpc) is 2.89. The Morgan fingerprint density at radius 3 is 2.53 bits per heavy atom. The minimum absolute atomic E-state index is 0. The maximum Gasteiger partial charge on any atom is 0.215 e. The number of ether oxygens (including phenoxy) is 1. The van der Waals surface area contributed by atoms with E-state index in [-0.39, 0.29) is 24.8 Å². The van der Waals surface area contributed by atoms with Gasteiger partial charge in [-0.25, -0.2) is 4.68 Å². The van der Waals surface area contributed by atoms with Crippen molar-refractivity contribution in [3.8, 4) is 5.88 Å². The van der Waals surface area contributed by atoms with E-state index in [1.807, 2.05) is 4.68 Å². The second-order valence-electron chi connectivity index (χ2n) is 5.18. The summed E-state index contributed by atoms with van der Waals surface area (Å²) in [5.74, 6) is 0.998. The van der Waals surface area contributed by atoms with Crippen molar-refractivity contribution in [3.63, 3.8) is 0 Å². The lowest BCUT2D eigenvalue weighted by Crippen LogP contribution is -2.38. The molecule has 3 rings (SSSR count). The van der Waals surface area contributed by atoms with E-state index in [1.165, 1.54) is 30.5 Å². The first-order valence-electron chi connectivity index (χ1n) is 6.65. The number of aromatic nitrogens is 2. The zero-order valence-corrected chi connectivity index (χ0v) is 13.2. The first-order chi connectivity index (χ1) is 8.30. The lowest BCUT2D eigenvalue weighted by Gasteiger charge is -2.33. The molecule has 0 unspecified atom stereocenters. The molecular weight excluding hydrogens is 285 g/mol. The molecule has 1 aliphatic heterocycles. The molecule has 0 aromatic carbocycles. The summed E-state index contributed by atoms with van der Waals surface area (Å²) in [5.41, 5.74) is 3.04. The van der Waals surface area contributed by atoms with Gasteiger partial charge in [0.1, 0.15) is 0 Å². The van der Waals surface area contributed by atoms with Crippen LogP contribution in [-0.2, 0) is 18.4 Å². The summed E-state index contributed by atoms with van der Waals surface area (Å²) in [6, 6.07) is 0. The van der Waals surface area contributed by atoms with Crippen LogP contribution in [0.4, 0.5) is 0 Å². The third-order valence-corrected chi connectivity index (χ3v) is 4.41. The van der Waals surface area contributed by atoms with Crippen molar-refractivity contribution in [1.82, 2.24) is 15.1 Å². The van der Waals surface area contributed by atoms with Crippen LogP contribution >= 0.6 is 24.8 Å². The number of halogens is 2. The number of piperidine rings is 1. The van der Waals surface area contributed by atoms with E-state index in [9.17, 15) is 0 Å². The monoisotopic (exact) mass is 307 g/mol. The van der Waals surface area contributed by atoms with Crippen molar-refractivity contribution in [2.75, 3.05) is 20.2 Å². The van der Waals surface area contributed by atoms with Gasteiger partial charge in [0.2, 0.25) is 5.88 Å². The van der Waals surface area contributed by atoms with Gasteiger partial charge in [0, 0.05) is 17.5 Å². The highest BCUT2D eigenvalue weighted by Gasteiger charge is 2.44. The Bertz CT molecular complexity index is 428. The molecule has 1 aromatic heterocycles. The summed E-state index contributed by atoms with van der Waals surface area (Å²) >= 11 is 0. The summed E-state index contributed by atoms with van der Waals surface area (Å²) < 4.78 is 7.56. The van der Waals surface area contributed by atoms with E-state index in [4.69, 9.17) is 9.84 Å². The molecule has 0 saturated carbocycles. The molecule has 1 spiro atoms. The van der Waals surface area contributed by atoms with Crippen LogP contribution in [0.1, 0.15) is 37.4 Å². The van der Waals surface area contributed by atoms with Crippen molar-refractivity contribution in [3.05, 3.63) is 11.3 Å². The number of aryl methyl sites for hydroxylation is 1. The van der Waals surface area contributed by atoms with Gasteiger partial charge >= 0.3 is 0 Å². The maximum absolute atomic E-state index is 5.54. The number of hydrogen-bond acceptors (Lipinski definition) is 3. The molecule has 0 radical (unpaired) electrons. The average molecular weight is 308 g/mol. The molecule has 2 heterocycles. The van der Waals surface area contributed by atoms with Gasteiger partial charge in [-0.3, -0.25) is 0 Å². The van der Waals surface area contributed by atoms with Crippen molar-refractivity contribution in [1.29, 1.82) is 0 Å². The molecule has 4 nitrogen and oxygen atoms in total. The van der Waals surface area contributed by atoms with Crippen molar-refractivity contribution in [2.45, 2.75) is 44.6 Å². The fourth-order valence-electron chi connectivity index (χ4n) is 3.45. The summed E-state index contributed by atoms with van der Waals surface area (Å²) in [5, 5.41) is 8.27. The molecule has 1 aliphatic carbocycles. The zero-order valence-electron chi connectivity index (χ0n) is 11.6. The third-order valence-electron chi connectivity index (χ3n) is 4.41. The smallest absolute Gasteiger partial charge is 0.215 e. The maximum atomic E-state index is 5.54. The quantitative estimate of drug-likeness (QED) is 0.911. The van der Waals surface area contributed by atoms with E-state index in [0.717, 1.165) is 31.9 Å². The Kier molecular flexibility index (Phi) is 5.53. The second-order valence-corrected chi connectivity index (χ2v) is 5.18. The summed E-state index contributed by atoms with van der Waals surface area (Å²) in [6.07, 6.45) is 4.85. The number of nitrogens with one attached hydrogen (secondary N) is 1. The van der Waals surface area contributed by atoms with Crippen LogP contribution in [0, 0.1) is 0 Å². The summed E-state index contributed by atoms with van der Waals surface area (Å²) in [4.78, 5) is 0. The standard InChI is InChI=1S/C13H21N3O.2ClH/c1-3-16-12(17-2)10-4-5-13(11(10)15-16)6-8-14-9-7-13;;/h14H,3-9H2,1-2H3;2*1H. The minimum Gasteiger partial charge on any atom is -0.481 e. The van der Waals surface area contributed by atoms with Crippen LogP contribution in [0.5, 0.6) is 5.88 Å². The van der Waals surface area contributed by atoms with Crippen molar-refractivity contribution < 1.29 is 4.74 Å². The van der Waals surface area contributed by atoms with Crippen LogP contribution in [-0.4, -0.2) is 30.0 Å². The van der Waals surface area contributed by atoms with Crippen LogP contribution in [0.2, 0.25) is 0 Å². The molecule has 19 heavy (non-hydrogen) atoms. The Labute approximate surface area is 127 Å². The molecule has 1 N–H and O–H groups in total.